The van der Waals surface area contributed by atoms with Crippen LogP contribution in [-0.4, -0.2) is 15.9 Å². The van der Waals surface area contributed by atoms with E-state index in [1.807, 2.05) is 0 Å². The molecule has 0 aliphatic heterocycles. The van der Waals surface area contributed by atoms with Crippen LogP contribution in [0.15, 0.2) is 24.3 Å². The summed E-state index contributed by atoms with van der Waals surface area (Å²) in [5, 5.41) is 2.81. The Balaban J connectivity index is 2.70. The highest BCUT2D eigenvalue weighted by molar-refractivity contribution is 7.81. The normalized spacial score (nSPS) is 10.9. The zero-order valence-corrected chi connectivity index (χ0v) is 10.8. The van der Waals surface area contributed by atoms with Crippen LogP contribution in [0.5, 0.6) is 5.75 Å². The van der Waals surface area contributed by atoms with E-state index in [4.69, 9.17) is 51.8 Å². The van der Waals surface area contributed by atoms with Crippen LogP contribution in [0.25, 0.3) is 0 Å². The van der Waals surface area contributed by atoms with E-state index in [0.29, 0.717) is 0 Å². The number of hydrogen-bond donors (Lipinski definition) is 1. The van der Waals surface area contributed by atoms with Gasteiger partial charge in [0.25, 0.3) is 0 Å². The smallest absolute Gasteiger partial charge is 0.240 e. The molecule has 0 aromatic heterocycles. The largest absolute Gasteiger partial charge is 0.497 e. The number of alkyl halides is 3. The minimum absolute atomic E-state index is 0.137. The van der Waals surface area contributed by atoms with Gasteiger partial charge >= 0.3 is 0 Å². The molecule has 0 bridgehead atoms. The van der Waals surface area contributed by atoms with Crippen molar-refractivity contribution in [3.63, 3.8) is 0 Å². The Hall–Kier alpha value is -0.220. The van der Waals surface area contributed by atoms with Crippen molar-refractivity contribution in [3.8, 4) is 5.75 Å². The topological polar surface area (TPSA) is 21.3 Å². The van der Waals surface area contributed by atoms with Gasteiger partial charge in [0.1, 0.15) is 10.7 Å². The summed E-state index contributed by atoms with van der Waals surface area (Å²) in [7, 11) is 1.59. The zero-order chi connectivity index (χ0) is 11.5. The first-order chi connectivity index (χ1) is 6.93. The standard InChI is InChI=1S/C9H8Cl3NOS/c1-14-7-4-2-6(3-5-7)13-8(15)9(10,11)12/h2-5H,1H3,(H,13,15). The maximum atomic E-state index is 5.59. The highest BCUT2D eigenvalue weighted by Gasteiger charge is 2.26. The molecule has 1 rings (SSSR count). The summed E-state index contributed by atoms with van der Waals surface area (Å²) in [6, 6.07) is 7.12. The fourth-order valence-corrected chi connectivity index (χ4v) is 1.14. The number of benzene rings is 1. The average Bonchev–Trinajstić information content (AvgIpc) is 2.17. The summed E-state index contributed by atoms with van der Waals surface area (Å²) >= 11 is 21.7. The minimum Gasteiger partial charge on any atom is -0.497 e. The first-order valence-corrected chi connectivity index (χ1v) is 5.50. The Kier molecular flexibility index (Phi) is 4.46. The van der Waals surface area contributed by atoms with Crippen LogP contribution in [-0.2, 0) is 0 Å². The number of hydrogen-bond acceptors (Lipinski definition) is 2. The second-order valence-corrected chi connectivity index (χ2v) is 5.37. The van der Waals surface area contributed by atoms with Crippen molar-refractivity contribution >= 4 is 57.7 Å². The first kappa shape index (κ1) is 12.8. The molecule has 0 spiro atoms. The monoisotopic (exact) mass is 283 g/mol. The highest BCUT2D eigenvalue weighted by atomic mass is 35.6. The predicted octanol–water partition coefficient (Wildman–Crippen LogP) is 3.80. The molecule has 6 heteroatoms. The van der Waals surface area contributed by atoms with Crippen LogP contribution in [0.4, 0.5) is 5.69 Å². The molecular weight excluding hydrogens is 277 g/mol. The lowest BCUT2D eigenvalue weighted by atomic mass is 10.3. The molecule has 0 unspecified atom stereocenters. The molecule has 15 heavy (non-hydrogen) atoms. The minimum atomic E-state index is -1.59. The van der Waals surface area contributed by atoms with Crippen LogP contribution in [0.2, 0.25) is 0 Å². The summed E-state index contributed by atoms with van der Waals surface area (Å²) in [4.78, 5) is 0.137. The number of halogens is 3. The van der Waals surface area contributed by atoms with Gasteiger partial charge in [0, 0.05) is 5.69 Å². The molecule has 0 radical (unpaired) electrons. The molecule has 0 aliphatic rings. The fourth-order valence-electron chi connectivity index (χ4n) is 0.876. The first-order valence-electron chi connectivity index (χ1n) is 3.95. The van der Waals surface area contributed by atoms with Gasteiger partial charge in [-0.15, -0.1) is 0 Å². The SMILES string of the molecule is COc1ccc(NC(=S)C(Cl)(Cl)Cl)cc1. The van der Waals surface area contributed by atoms with Crippen LogP contribution >= 0.6 is 47.0 Å². The summed E-state index contributed by atoms with van der Waals surface area (Å²) in [6.07, 6.45) is 0. The summed E-state index contributed by atoms with van der Waals surface area (Å²) in [5.74, 6) is 0.750. The highest BCUT2D eigenvalue weighted by Crippen LogP contribution is 2.29. The third kappa shape index (κ3) is 4.03. The van der Waals surface area contributed by atoms with E-state index in [-0.39, 0.29) is 4.99 Å². The van der Waals surface area contributed by atoms with Crippen molar-refractivity contribution in [1.29, 1.82) is 0 Å². The maximum Gasteiger partial charge on any atom is 0.240 e. The number of methoxy groups -OCH3 is 1. The third-order valence-corrected chi connectivity index (χ3v) is 2.92. The van der Waals surface area contributed by atoms with Gasteiger partial charge in [-0.25, -0.2) is 0 Å². The summed E-state index contributed by atoms with van der Waals surface area (Å²) in [6.45, 7) is 0. The van der Waals surface area contributed by atoms with Gasteiger partial charge in [-0.1, -0.05) is 47.0 Å². The van der Waals surface area contributed by atoms with Crippen molar-refractivity contribution in [3.05, 3.63) is 24.3 Å². The van der Waals surface area contributed by atoms with E-state index >= 15 is 0 Å². The maximum absolute atomic E-state index is 5.59. The average molecular weight is 285 g/mol. The van der Waals surface area contributed by atoms with Gasteiger partial charge in [-0.2, -0.15) is 0 Å². The van der Waals surface area contributed by atoms with Crippen LogP contribution < -0.4 is 10.1 Å². The second-order valence-electron chi connectivity index (χ2n) is 2.68. The molecular formula is C9H8Cl3NOS. The Labute approximate surface area is 108 Å². The molecule has 0 saturated carbocycles. The molecule has 2 nitrogen and oxygen atoms in total. The molecule has 0 aliphatic carbocycles. The van der Waals surface area contributed by atoms with Crippen molar-refractivity contribution in [2.45, 2.75) is 3.79 Å². The Morgan fingerprint density at radius 2 is 1.80 bits per heavy atom. The predicted molar refractivity (Wildman–Crippen MR) is 69.5 cm³/mol. The molecule has 0 atom stereocenters. The molecule has 1 aromatic carbocycles. The molecule has 0 heterocycles. The fraction of sp³-hybridized carbons (Fsp3) is 0.222. The molecule has 1 N–H and O–H groups in total. The number of thiocarbonyl (C=S) groups is 1. The molecule has 0 saturated heterocycles. The van der Waals surface area contributed by atoms with Crippen molar-refractivity contribution in [2.75, 3.05) is 12.4 Å². The van der Waals surface area contributed by atoms with Crippen molar-refractivity contribution in [2.24, 2.45) is 0 Å². The lowest BCUT2D eigenvalue weighted by Gasteiger charge is -2.14. The van der Waals surface area contributed by atoms with Gasteiger partial charge < -0.3 is 10.1 Å². The van der Waals surface area contributed by atoms with E-state index in [1.165, 1.54) is 0 Å². The van der Waals surface area contributed by atoms with E-state index in [0.717, 1.165) is 11.4 Å². The van der Waals surface area contributed by atoms with E-state index < -0.39 is 3.79 Å². The molecule has 0 amide bonds. The molecule has 82 valence electrons. The number of ether oxygens (including phenoxy) is 1. The van der Waals surface area contributed by atoms with Crippen LogP contribution in [0, 0.1) is 0 Å². The Bertz CT molecular complexity index is 347. The second kappa shape index (κ2) is 5.21. The van der Waals surface area contributed by atoms with E-state index in [2.05, 4.69) is 5.32 Å². The third-order valence-electron chi connectivity index (χ3n) is 1.61. The van der Waals surface area contributed by atoms with Gasteiger partial charge in [0.05, 0.1) is 7.11 Å². The van der Waals surface area contributed by atoms with Crippen LogP contribution in [0.3, 0.4) is 0 Å². The van der Waals surface area contributed by atoms with E-state index in [9.17, 15) is 0 Å². The zero-order valence-electron chi connectivity index (χ0n) is 7.76. The van der Waals surface area contributed by atoms with Crippen molar-refractivity contribution in [1.82, 2.24) is 0 Å². The number of rotatable bonds is 2. The van der Waals surface area contributed by atoms with Gasteiger partial charge in [0.15, 0.2) is 0 Å². The summed E-state index contributed by atoms with van der Waals surface area (Å²) < 4.78 is 3.41. The van der Waals surface area contributed by atoms with Crippen molar-refractivity contribution < 1.29 is 4.74 Å². The Morgan fingerprint density at radius 1 is 1.27 bits per heavy atom. The van der Waals surface area contributed by atoms with E-state index in [1.54, 1.807) is 31.4 Å². The molecule has 1 aromatic rings. The molecule has 0 fully saturated rings. The van der Waals surface area contributed by atoms with Crippen LogP contribution in [0.1, 0.15) is 0 Å². The number of nitrogens with one attached hydrogen (secondary N) is 1. The van der Waals surface area contributed by atoms with Gasteiger partial charge in [-0.05, 0) is 24.3 Å². The Morgan fingerprint density at radius 3 is 2.20 bits per heavy atom. The summed E-state index contributed by atoms with van der Waals surface area (Å²) in [5.41, 5.74) is 0.743. The lowest BCUT2D eigenvalue weighted by molar-refractivity contribution is 0.415. The van der Waals surface area contributed by atoms with Gasteiger partial charge in [0.2, 0.25) is 3.79 Å². The number of anilines is 1. The van der Waals surface area contributed by atoms with Gasteiger partial charge in [-0.3, -0.25) is 0 Å². The quantitative estimate of drug-likeness (QED) is 0.659. The lowest BCUT2D eigenvalue weighted by Crippen LogP contribution is -2.24.